The Labute approximate surface area is 199 Å². The largest absolute Gasteiger partial charge is 0.464 e. The minimum Gasteiger partial charge on any atom is -0.464 e. The Morgan fingerprint density at radius 2 is 1.58 bits per heavy atom. The fraction of sp³-hybridized carbons (Fsp3) is 0.875. The number of nitrogens with two attached hydrogens (primary N) is 1. The van der Waals surface area contributed by atoms with Crippen molar-refractivity contribution in [1.82, 2.24) is 4.90 Å². The first-order valence-corrected chi connectivity index (χ1v) is 12.0. The van der Waals surface area contributed by atoms with Crippen molar-refractivity contribution in [2.45, 2.75) is 47.0 Å². The van der Waals surface area contributed by atoms with Crippen LogP contribution in [-0.2, 0) is 28.6 Å². The predicted molar refractivity (Wildman–Crippen MR) is 126 cm³/mol. The van der Waals surface area contributed by atoms with Crippen molar-refractivity contribution in [3.8, 4) is 0 Å². The first kappa shape index (κ1) is 29.3. The molecule has 0 aromatic rings. The third-order valence-corrected chi connectivity index (χ3v) is 6.39. The van der Waals surface area contributed by atoms with E-state index in [1.165, 1.54) is 0 Å². The highest BCUT2D eigenvalue weighted by Gasteiger charge is 2.47. The molecule has 9 nitrogen and oxygen atoms in total. The molecule has 9 heteroatoms. The third kappa shape index (κ3) is 9.22. The number of nitrogens with zero attached hydrogens (tertiary/aromatic N) is 2. The van der Waals surface area contributed by atoms with Crippen LogP contribution in [0.5, 0.6) is 0 Å². The van der Waals surface area contributed by atoms with Gasteiger partial charge in [0.25, 0.3) is 0 Å². The molecule has 33 heavy (non-hydrogen) atoms. The fourth-order valence-electron chi connectivity index (χ4n) is 4.20. The normalized spacial score (nSPS) is 19.2. The van der Waals surface area contributed by atoms with Crippen molar-refractivity contribution in [3.05, 3.63) is 0 Å². The summed E-state index contributed by atoms with van der Waals surface area (Å²) in [7, 11) is 6.10. The zero-order chi connectivity index (χ0) is 25.3. The molecule has 1 fully saturated rings. The van der Waals surface area contributed by atoms with Gasteiger partial charge in [-0.05, 0) is 33.1 Å². The lowest BCUT2D eigenvalue weighted by Gasteiger charge is -2.38. The van der Waals surface area contributed by atoms with E-state index in [0.717, 1.165) is 0 Å². The number of carbonyl (C=O) groups is 3. The lowest BCUT2D eigenvalue weighted by Crippen LogP contribution is -2.46. The van der Waals surface area contributed by atoms with E-state index in [-0.39, 0.29) is 37.9 Å². The van der Waals surface area contributed by atoms with Gasteiger partial charge in [-0.1, -0.05) is 13.8 Å². The molecule has 1 heterocycles. The smallest absolute Gasteiger partial charge is 0.312 e. The summed E-state index contributed by atoms with van der Waals surface area (Å²) in [6, 6.07) is 0. The Kier molecular flexibility index (Phi) is 11.3. The van der Waals surface area contributed by atoms with E-state index < -0.39 is 22.7 Å². The molecule has 1 amide bonds. The third-order valence-electron chi connectivity index (χ3n) is 6.39. The molecule has 0 spiro atoms. The van der Waals surface area contributed by atoms with Crippen LogP contribution >= 0.6 is 0 Å². The van der Waals surface area contributed by atoms with E-state index in [0.29, 0.717) is 50.4 Å². The summed E-state index contributed by atoms with van der Waals surface area (Å²) in [4.78, 5) is 41.0. The van der Waals surface area contributed by atoms with E-state index >= 15 is 0 Å². The second-order valence-corrected chi connectivity index (χ2v) is 10.8. The van der Waals surface area contributed by atoms with Gasteiger partial charge in [-0.3, -0.25) is 14.4 Å². The molecule has 192 valence electrons. The van der Waals surface area contributed by atoms with Gasteiger partial charge in [0.2, 0.25) is 5.91 Å². The van der Waals surface area contributed by atoms with Crippen LogP contribution in [0.15, 0.2) is 0 Å². The first-order valence-electron chi connectivity index (χ1n) is 12.0. The van der Waals surface area contributed by atoms with Crippen LogP contribution in [0.4, 0.5) is 0 Å². The van der Waals surface area contributed by atoms with Crippen LogP contribution in [0.3, 0.4) is 0 Å². The zero-order valence-corrected chi connectivity index (χ0v) is 21.8. The Morgan fingerprint density at radius 1 is 1.03 bits per heavy atom. The second-order valence-electron chi connectivity index (χ2n) is 10.8. The number of rotatable bonds is 13. The van der Waals surface area contributed by atoms with Gasteiger partial charge in [-0.15, -0.1) is 0 Å². The average molecular weight is 473 g/mol. The van der Waals surface area contributed by atoms with Gasteiger partial charge in [-0.25, -0.2) is 0 Å². The van der Waals surface area contributed by atoms with Crippen LogP contribution in [0, 0.1) is 16.7 Å². The summed E-state index contributed by atoms with van der Waals surface area (Å²) in [6.45, 7) is 10.8. The lowest BCUT2D eigenvalue weighted by molar-refractivity contribution is -0.870. The number of likely N-dealkylation sites (N-methyl/N-ethyl adjacent to an activating group) is 1. The highest BCUT2D eigenvalue weighted by molar-refractivity contribution is 5.83. The average Bonchev–Trinajstić information content (AvgIpc) is 2.76. The van der Waals surface area contributed by atoms with E-state index in [2.05, 4.69) is 0 Å². The standard InChI is InChI=1S/C24H46N3O6/c1-8-23(3,21(29)33-16-12-27(5,6)7)18-24(4,22(30)32-13-9-25)17-19(2)20(28)26-10-14-31-15-11-26/h19H,8-18,25H2,1-7H3/q+1. The Hall–Kier alpha value is -1.71. The SMILES string of the molecule is CCC(C)(CC(C)(CC(C)C(=O)N1CCOCC1)C(=O)OCCN)C(=O)OCC[N+](C)(C)C. The number of hydrogen-bond acceptors (Lipinski definition) is 7. The summed E-state index contributed by atoms with van der Waals surface area (Å²) >= 11 is 0. The quantitative estimate of drug-likeness (QED) is 0.319. The number of esters is 2. The van der Waals surface area contributed by atoms with Crippen LogP contribution in [0.25, 0.3) is 0 Å². The minimum absolute atomic E-state index is 0.0140. The van der Waals surface area contributed by atoms with Crippen molar-refractivity contribution in [3.63, 3.8) is 0 Å². The van der Waals surface area contributed by atoms with E-state index in [9.17, 15) is 14.4 Å². The summed E-state index contributed by atoms with van der Waals surface area (Å²) in [6.07, 6.45) is 1.000. The topological polar surface area (TPSA) is 108 Å². The summed E-state index contributed by atoms with van der Waals surface area (Å²) in [5.41, 5.74) is 3.61. The first-order chi connectivity index (χ1) is 15.3. The second kappa shape index (κ2) is 12.7. The van der Waals surface area contributed by atoms with Gasteiger partial charge in [0, 0.05) is 25.6 Å². The zero-order valence-electron chi connectivity index (χ0n) is 21.8. The minimum atomic E-state index is -1.04. The summed E-state index contributed by atoms with van der Waals surface area (Å²) in [5, 5.41) is 0. The number of quaternary nitrogens is 1. The van der Waals surface area contributed by atoms with E-state index in [4.69, 9.17) is 19.9 Å². The van der Waals surface area contributed by atoms with Gasteiger partial charge in [0.1, 0.15) is 19.8 Å². The molecule has 0 saturated carbocycles. The van der Waals surface area contributed by atoms with Gasteiger partial charge >= 0.3 is 11.9 Å². The van der Waals surface area contributed by atoms with Gasteiger partial charge in [0.15, 0.2) is 0 Å². The van der Waals surface area contributed by atoms with Gasteiger partial charge in [0.05, 0.1) is 45.2 Å². The lowest BCUT2D eigenvalue weighted by atomic mass is 9.68. The Balaban J connectivity index is 3.02. The fourth-order valence-corrected chi connectivity index (χ4v) is 4.20. The van der Waals surface area contributed by atoms with Gasteiger partial charge in [-0.2, -0.15) is 0 Å². The number of ether oxygens (including phenoxy) is 3. The molecule has 3 atom stereocenters. The molecule has 0 aliphatic carbocycles. The van der Waals surface area contributed by atoms with Crippen molar-refractivity contribution in [2.24, 2.45) is 22.5 Å². The molecule has 0 aromatic carbocycles. The van der Waals surface area contributed by atoms with Crippen molar-refractivity contribution in [1.29, 1.82) is 0 Å². The van der Waals surface area contributed by atoms with Crippen LogP contribution in [-0.4, -0.2) is 101 Å². The molecule has 0 radical (unpaired) electrons. The Bertz CT molecular complexity index is 659. The summed E-state index contributed by atoms with van der Waals surface area (Å²) in [5.74, 6) is -1.19. The number of carbonyl (C=O) groups excluding carboxylic acids is 3. The molecule has 1 rings (SSSR count). The molecule has 0 bridgehead atoms. The maximum Gasteiger partial charge on any atom is 0.312 e. The monoisotopic (exact) mass is 472 g/mol. The molecule has 3 unspecified atom stereocenters. The predicted octanol–water partition coefficient (Wildman–Crippen LogP) is 1.44. The number of morpholine rings is 1. The highest BCUT2D eigenvalue weighted by Crippen LogP contribution is 2.43. The highest BCUT2D eigenvalue weighted by atomic mass is 16.5. The molecule has 1 saturated heterocycles. The van der Waals surface area contributed by atoms with Crippen molar-refractivity contribution < 1.29 is 33.1 Å². The number of amides is 1. The van der Waals surface area contributed by atoms with Crippen molar-refractivity contribution in [2.75, 3.05) is 73.7 Å². The van der Waals surface area contributed by atoms with E-state index in [1.54, 1.807) is 11.8 Å². The molecule has 1 aliphatic rings. The van der Waals surface area contributed by atoms with Crippen LogP contribution in [0.1, 0.15) is 47.0 Å². The molecule has 2 N–H and O–H groups in total. The van der Waals surface area contributed by atoms with Crippen molar-refractivity contribution >= 4 is 17.8 Å². The van der Waals surface area contributed by atoms with Gasteiger partial charge < -0.3 is 29.3 Å². The molecule has 0 aromatic heterocycles. The van der Waals surface area contributed by atoms with Crippen LogP contribution < -0.4 is 5.73 Å². The Morgan fingerprint density at radius 3 is 2.09 bits per heavy atom. The van der Waals surface area contributed by atoms with Crippen LogP contribution in [0.2, 0.25) is 0 Å². The molecule has 1 aliphatic heterocycles. The molecular weight excluding hydrogens is 426 g/mol. The molecular formula is C24H46N3O6+. The maximum absolute atomic E-state index is 13.1. The maximum atomic E-state index is 13.1. The summed E-state index contributed by atoms with van der Waals surface area (Å²) < 4.78 is 17.0. The number of hydrogen-bond donors (Lipinski definition) is 1. The van der Waals surface area contributed by atoms with E-state index in [1.807, 2.05) is 41.9 Å².